The monoisotopic (exact) mass is 318 g/mol. The van der Waals surface area contributed by atoms with Crippen LogP contribution in [0.25, 0.3) is 0 Å². The molecule has 0 aliphatic rings. The van der Waals surface area contributed by atoms with Gasteiger partial charge in [0.05, 0.1) is 6.61 Å². The summed E-state index contributed by atoms with van der Waals surface area (Å²) in [6, 6.07) is 4.46. The number of sulfonamides is 1. The summed E-state index contributed by atoms with van der Waals surface area (Å²) in [5, 5.41) is 3.15. The van der Waals surface area contributed by atoms with Crippen molar-refractivity contribution in [1.29, 1.82) is 0 Å². The van der Waals surface area contributed by atoms with Crippen LogP contribution in [-0.4, -0.2) is 46.1 Å². The van der Waals surface area contributed by atoms with Crippen molar-refractivity contribution in [3.63, 3.8) is 0 Å². The number of methoxy groups -OCH3 is 1. The van der Waals surface area contributed by atoms with Crippen LogP contribution in [0.2, 0.25) is 0 Å². The smallest absolute Gasteiger partial charge is 0.245 e. The van der Waals surface area contributed by atoms with Gasteiger partial charge in [-0.1, -0.05) is 19.9 Å². The Morgan fingerprint density at radius 3 is 2.57 bits per heavy atom. The van der Waals surface area contributed by atoms with Crippen molar-refractivity contribution < 1.29 is 17.5 Å². The summed E-state index contributed by atoms with van der Waals surface area (Å²) in [6.45, 7) is 4.90. The first-order valence-electron chi connectivity index (χ1n) is 6.76. The minimum atomic E-state index is -3.83. The zero-order chi connectivity index (χ0) is 16.0. The van der Waals surface area contributed by atoms with E-state index in [2.05, 4.69) is 5.32 Å². The molecule has 0 fully saturated rings. The molecule has 0 radical (unpaired) electrons. The van der Waals surface area contributed by atoms with E-state index in [9.17, 15) is 12.8 Å². The van der Waals surface area contributed by atoms with Gasteiger partial charge < -0.3 is 10.1 Å². The van der Waals surface area contributed by atoms with Crippen LogP contribution >= 0.6 is 0 Å². The van der Waals surface area contributed by atoms with Crippen LogP contribution in [0.1, 0.15) is 19.4 Å². The van der Waals surface area contributed by atoms with E-state index in [1.54, 1.807) is 6.07 Å². The molecule has 0 bridgehead atoms. The lowest BCUT2D eigenvalue weighted by Gasteiger charge is -2.17. The lowest BCUT2D eigenvalue weighted by molar-refractivity contribution is 0.185. The highest BCUT2D eigenvalue weighted by Gasteiger charge is 2.24. The Bertz CT molecular complexity index is 561. The van der Waals surface area contributed by atoms with E-state index in [0.717, 1.165) is 4.31 Å². The van der Waals surface area contributed by atoms with E-state index in [0.29, 0.717) is 12.1 Å². The molecule has 5 nitrogen and oxygen atoms in total. The van der Waals surface area contributed by atoms with Gasteiger partial charge in [0.15, 0.2) is 0 Å². The molecular weight excluding hydrogens is 295 g/mol. The first kappa shape index (κ1) is 18.0. The average Bonchev–Trinajstić information content (AvgIpc) is 2.42. The Morgan fingerprint density at radius 1 is 1.38 bits per heavy atom. The van der Waals surface area contributed by atoms with Crippen molar-refractivity contribution in [2.75, 3.05) is 27.3 Å². The lowest BCUT2D eigenvalue weighted by atomic mass is 10.2. The molecule has 0 aliphatic carbocycles. The maximum absolute atomic E-state index is 14.1. The molecule has 1 aromatic carbocycles. The second-order valence-corrected chi connectivity index (χ2v) is 7.13. The third kappa shape index (κ3) is 5.03. The van der Waals surface area contributed by atoms with Crippen LogP contribution in [0.4, 0.5) is 4.39 Å². The number of likely N-dealkylation sites (N-methyl/N-ethyl adjacent to an activating group) is 1. The summed E-state index contributed by atoms with van der Waals surface area (Å²) in [6.07, 6.45) is 0. The number of ether oxygens (including phenoxy) is 1. The van der Waals surface area contributed by atoms with Gasteiger partial charge in [-0.3, -0.25) is 0 Å². The van der Waals surface area contributed by atoms with Crippen LogP contribution < -0.4 is 5.32 Å². The minimum Gasteiger partial charge on any atom is -0.383 e. The van der Waals surface area contributed by atoms with Crippen molar-refractivity contribution in [1.82, 2.24) is 9.62 Å². The molecular formula is C14H23FN2O3S. The van der Waals surface area contributed by atoms with Gasteiger partial charge in [0.1, 0.15) is 10.7 Å². The van der Waals surface area contributed by atoms with E-state index >= 15 is 0 Å². The molecule has 1 aromatic rings. The van der Waals surface area contributed by atoms with Crippen LogP contribution in [-0.2, 0) is 21.3 Å². The van der Waals surface area contributed by atoms with E-state index in [1.807, 2.05) is 13.8 Å². The van der Waals surface area contributed by atoms with Gasteiger partial charge in [-0.15, -0.1) is 0 Å². The van der Waals surface area contributed by atoms with Crippen LogP contribution in [0.3, 0.4) is 0 Å². The fourth-order valence-corrected chi connectivity index (χ4v) is 2.89. The fourth-order valence-electron chi connectivity index (χ4n) is 1.69. The van der Waals surface area contributed by atoms with Crippen LogP contribution in [0.15, 0.2) is 23.1 Å². The molecule has 21 heavy (non-hydrogen) atoms. The lowest BCUT2D eigenvalue weighted by Crippen LogP contribution is -2.30. The second kappa shape index (κ2) is 7.84. The number of hydrogen-bond acceptors (Lipinski definition) is 4. The van der Waals surface area contributed by atoms with Crippen molar-refractivity contribution in [3.8, 4) is 0 Å². The largest absolute Gasteiger partial charge is 0.383 e. The SMILES string of the molecule is COCCN(C)S(=O)(=O)c1ccc(CNC(C)C)cc1F. The van der Waals surface area contributed by atoms with Gasteiger partial charge in [0.25, 0.3) is 0 Å². The maximum atomic E-state index is 14.1. The van der Waals surface area contributed by atoms with E-state index in [1.165, 1.54) is 26.3 Å². The molecule has 0 spiro atoms. The number of hydrogen-bond donors (Lipinski definition) is 1. The van der Waals surface area contributed by atoms with E-state index in [-0.39, 0.29) is 24.1 Å². The van der Waals surface area contributed by atoms with Gasteiger partial charge in [0, 0.05) is 33.3 Å². The molecule has 0 saturated carbocycles. The van der Waals surface area contributed by atoms with Crippen LogP contribution in [0, 0.1) is 5.82 Å². The summed E-state index contributed by atoms with van der Waals surface area (Å²) >= 11 is 0. The van der Waals surface area contributed by atoms with Crippen molar-refractivity contribution in [2.45, 2.75) is 31.3 Å². The van der Waals surface area contributed by atoms with Crippen molar-refractivity contribution >= 4 is 10.0 Å². The number of rotatable bonds is 8. The van der Waals surface area contributed by atoms with Gasteiger partial charge in [0.2, 0.25) is 10.0 Å². The topological polar surface area (TPSA) is 58.6 Å². The number of nitrogens with one attached hydrogen (secondary N) is 1. The van der Waals surface area contributed by atoms with Gasteiger partial charge in [-0.25, -0.2) is 12.8 Å². The Hall–Kier alpha value is -1.02. The van der Waals surface area contributed by atoms with Gasteiger partial charge in [-0.2, -0.15) is 4.31 Å². The first-order valence-corrected chi connectivity index (χ1v) is 8.20. The second-order valence-electron chi connectivity index (χ2n) is 5.12. The molecule has 1 N–H and O–H groups in total. The zero-order valence-corrected chi connectivity index (χ0v) is 13.7. The summed E-state index contributed by atoms with van der Waals surface area (Å²) in [5.74, 6) is -0.734. The molecule has 0 amide bonds. The predicted octanol–water partition coefficient (Wildman–Crippen LogP) is 1.59. The molecule has 0 unspecified atom stereocenters. The van der Waals surface area contributed by atoms with E-state index < -0.39 is 15.8 Å². The summed E-state index contributed by atoms with van der Waals surface area (Å²) in [4.78, 5) is -0.311. The average molecular weight is 318 g/mol. The van der Waals surface area contributed by atoms with E-state index in [4.69, 9.17) is 4.74 Å². The summed E-state index contributed by atoms with van der Waals surface area (Å²) in [7, 11) is -0.944. The first-order chi connectivity index (χ1) is 9.78. The Kier molecular flexibility index (Phi) is 6.73. The number of benzene rings is 1. The van der Waals surface area contributed by atoms with Gasteiger partial charge >= 0.3 is 0 Å². The summed E-state index contributed by atoms with van der Waals surface area (Å²) in [5.41, 5.74) is 0.708. The Labute approximate surface area is 126 Å². The normalized spacial score (nSPS) is 12.3. The molecule has 0 heterocycles. The zero-order valence-electron chi connectivity index (χ0n) is 12.9. The minimum absolute atomic E-state index is 0.176. The third-order valence-electron chi connectivity index (χ3n) is 3.01. The van der Waals surface area contributed by atoms with Crippen LogP contribution in [0.5, 0.6) is 0 Å². The maximum Gasteiger partial charge on any atom is 0.245 e. The third-order valence-corrected chi connectivity index (χ3v) is 4.90. The number of halogens is 1. The molecule has 0 saturated heterocycles. The highest BCUT2D eigenvalue weighted by molar-refractivity contribution is 7.89. The predicted molar refractivity (Wildman–Crippen MR) is 80.1 cm³/mol. The Morgan fingerprint density at radius 2 is 2.05 bits per heavy atom. The molecule has 1 rings (SSSR count). The molecule has 7 heteroatoms. The molecule has 120 valence electrons. The van der Waals surface area contributed by atoms with Gasteiger partial charge in [-0.05, 0) is 17.7 Å². The quantitative estimate of drug-likeness (QED) is 0.791. The highest BCUT2D eigenvalue weighted by Crippen LogP contribution is 2.19. The molecule has 0 aliphatic heterocycles. The fraction of sp³-hybridized carbons (Fsp3) is 0.571. The van der Waals surface area contributed by atoms with Crippen molar-refractivity contribution in [2.24, 2.45) is 0 Å². The highest BCUT2D eigenvalue weighted by atomic mass is 32.2. The Balaban J connectivity index is 2.93. The summed E-state index contributed by atoms with van der Waals surface area (Å²) < 4.78 is 44.5. The van der Waals surface area contributed by atoms with Crippen molar-refractivity contribution in [3.05, 3.63) is 29.6 Å². The molecule has 0 atom stereocenters. The molecule has 0 aromatic heterocycles. The number of nitrogens with zero attached hydrogens (tertiary/aromatic N) is 1. The standard InChI is InChI=1S/C14H23FN2O3S/c1-11(2)16-10-12-5-6-14(13(15)9-12)21(18,19)17(3)7-8-20-4/h5-6,9,11,16H,7-8,10H2,1-4H3.